The number of amides is 1. The van der Waals surface area contributed by atoms with E-state index in [1.54, 1.807) is 11.3 Å². The molecule has 0 saturated carbocycles. The predicted octanol–water partition coefficient (Wildman–Crippen LogP) is 2.71. The zero-order valence-electron chi connectivity index (χ0n) is 15.9. The predicted molar refractivity (Wildman–Crippen MR) is 103 cm³/mol. The van der Waals surface area contributed by atoms with Crippen LogP contribution in [-0.4, -0.2) is 71.9 Å². The van der Waals surface area contributed by atoms with Gasteiger partial charge >= 0.3 is 0 Å². The molecule has 2 bridgehead atoms. The zero-order valence-corrected chi connectivity index (χ0v) is 16.7. The summed E-state index contributed by atoms with van der Waals surface area (Å²) >= 11 is 1.59. The van der Waals surface area contributed by atoms with E-state index in [-0.39, 0.29) is 5.91 Å². The largest absolute Gasteiger partial charge is 0.335 e. The van der Waals surface area contributed by atoms with E-state index in [1.165, 1.54) is 18.4 Å². The fraction of sp³-hybridized carbons (Fsp3) is 0.684. The summed E-state index contributed by atoms with van der Waals surface area (Å²) in [5.74, 6) is 0.704. The molecule has 1 aromatic rings. The van der Waals surface area contributed by atoms with E-state index in [0.717, 1.165) is 37.7 Å². The highest BCUT2D eigenvalue weighted by molar-refractivity contribution is 7.09. The van der Waals surface area contributed by atoms with Gasteiger partial charge in [0.25, 0.3) is 5.91 Å². The average Bonchev–Trinajstić information content (AvgIpc) is 2.81. The lowest BCUT2D eigenvalue weighted by Gasteiger charge is -2.35. The fourth-order valence-electron chi connectivity index (χ4n) is 3.78. The van der Waals surface area contributed by atoms with Crippen LogP contribution in [-0.2, 0) is 6.54 Å². The van der Waals surface area contributed by atoms with E-state index in [0.29, 0.717) is 17.7 Å². The molecule has 4 rings (SSSR count). The smallest absolute Gasteiger partial charge is 0.273 e. The van der Waals surface area contributed by atoms with Gasteiger partial charge in [0.1, 0.15) is 10.7 Å². The van der Waals surface area contributed by atoms with Crippen molar-refractivity contribution >= 4 is 17.2 Å². The van der Waals surface area contributed by atoms with Gasteiger partial charge in [-0.05, 0) is 46.7 Å². The number of carbonyl (C=O) groups excluding carboxylic acids is 1. The van der Waals surface area contributed by atoms with Crippen LogP contribution in [0.2, 0.25) is 0 Å². The SMILES string of the molecule is CC(C)=CCN1C[C@@H]2CC[C@H]1CN(C(=O)c1csc(CN(C)C)n1)C2. The highest BCUT2D eigenvalue weighted by Crippen LogP contribution is 2.29. The van der Waals surface area contributed by atoms with Gasteiger partial charge in [-0.2, -0.15) is 0 Å². The molecule has 4 heterocycles. The van der Waals surface area contributed by atoms with E-state index in [1.807, 2.05) is 19.5 Å². The molecule has 3 saturated heterocycles. The van der Waals surface area contributed by atoms with E-state index < -0.39 is 0 Å². The van der Waals surface area contributed by atoms with Crippen molar-refractivity contribution in [2.45, 2.75) is 39.3 Å². The van der Waals surface area contributed by atoms with Gasteiger partial charge in [0.05, 0.1) is 0 Å². The van der Waals surface area contributed by atoms with Gasteiger partial charge < -0.3 is 9.80 Å². The van der Waals surface area contributed by atoms with Crippen molar-refractivity contribution in [3.8, 4) is 0 Å². The molecule has 3 aliphatic heterocycles. The lowest BCUT2D eigenvalue weighted by molar-refractivity contribution is 0.0735. The van der Waals surface area contributed by atoms with Gasteiger partial charge in [0.2, 0.25) is 0 Å². The molecular formula is C19H30N4OS. The molecule has 1 amide bonds. The molecule has 0 aromatic carbocycles. The topological polar surface area (TPSA) is 39.7 Å². The Hall–Kier alpha value is -1.24. The maximum Gasteiger partial charge on any atom is 0.273 e. The summed E-state index contributed by atoms with van der Waals surface area (Å²) in [5, 5.41) is 2.94. The molecule has 0 radical (unpaired) electrons. The van der Waals surface area contributed by atoms with Crippen molar-refractivity contribution in [2.24, 2.45) is 5.92 Å². The third kappa shape index (κ3) is 4.68. The Morgan fingerprint density at radius 1 is 1.32 bits per heavy atom. The number of hydrogen-bond donors (Lipinski definition) is 0. The molecule has 0 aliphatic carbocycles. The minimum atomic E-state index is 0.113. The summed E-state index contributed by atoms with van der Waals surface area (Å²) in [6.07, 6.45) is 4.75. The van der Waals surface area contributed by atoms with Crippen LogP contribution < -0.4 is 0 Å². The van der Waals surface area contributed by atoms with Crippen LogP contribution in [0.25, 0.3) is 0 Å². The molecule has 138 valence electrons. The standard InChI is InChI=1S/C19H30N4OS/c1-14(2)7-8-22-9-15-5-6-16(22)11-23(10-15)19(24)17-13-25-18(20-17)12-21(3)4/h7,13,15-16H,5-6,8-12H2,1-4H3/t15-,16-/m0/s1. The van der Waals surface area contributed by atoms with Crippen molar-refractivity contribution < 1.29 is 4.79 Å². The van der Waals surface area contributed by atoms with Gasteiger partial charge in [-0.15, -0.1) is 11.3 Å². The number of allylic oxidation sites excluding steroid dienone is 1. The molecule has 0 spiro atoms. The zero-order chi connectivity index (χ0) is 18.0. The first kappa shape index (κ1) is 18.5. The number of thiazole rings is 1. The Kier molecular flexibility index (Phi) is 5.92. The first-order valence-electron chi connectivity index (χ1n) is 9.18. The average molecular weight is 363 g/mol. The summed E-state index contributed by atoms with van der Waals surface area (Å²) in [4.78, 5) is 24.2. The summed E-state index contributed by atoms with van der Waals surface area (Å²) in [6, 6.07) is 0.484. The van der Waals surface area contributed by atoms with Gasteiger partial charge in [-0.3, -0.25) is 9.69 Å². The van der Waals surface area contributed by atoms with E-state index >= 15 is 0 Å². The maximum absolute atomic E-state index is 13.0. The van der Waals surface area contributed by atoms with Crippen LogP contribution >= 0.6 is 11.3 Å². The van der Waals surface area contributed by atoms with Crippen LogP contribution in [0.1, 0.15) is 42.2 Å². The molecular weight excluding hydrogens is 332 g/mol. The third-order valence-electron chi connectivity index (χ3n) is 5.07. The monoisotopic (exact) mass is 362 g/mol. The van der Waals surface area contributed by atoms with E-state index in [2.05, 4.69) is 39.6 Å². The van der Waals surface area contributed by atoms with Gasteiger partial charge in [0, 0.05) is 44.1 Å². The van der Waals surface area contributed by atoms with Crippen LogP contribution in [0.15, 0.2) is 17.0 Å². The number of carbonyl (C=O) groups is 1. The summed E-state index contributed by atoms with van der Waals surface area (Å²) in [6.45, 7) is 8.93. The molecule has 6 heteroatoms. The first-order chi connectivity index (χ1) is 11.9. The highest BCUT2D eigenvalue weighted by atomic mass is 32.1. The second-order valence-electron chi connectivity index (χ2n) is 7.91. The van der Waals surface area contributed by atoms with Crippen molar-refractivity contribution in [1.82, 2.24) is 19.7 Å². The maximum atomic E-state index is 13.0. The second kappa shape index (κ2) is 7.98. The number of rotatable bonds is 5. The van der Waals surface area contributed by atoms with Gasteiger partial charge in [-0.1, -0.05) is 11.6 Å². The number of aromatic nitrogens is 1. The minimum absolute atomic E-state index is 0.113. The Morgan fingerprint density at radius 2 is 2.12 bits per heavy atom. The van der Waals surface area contributed by atoms with Crippen molar-refractivity contribution in [3.05, 3.63) is 27.7 Å². The highest BCUT2D eigenvalue weighted by Gasteiger charge is 2.36. The summed E-state index contributed by atoms with van der Waals surface area (Å²) in [5.41, 5.74) is 1.99. The Morgan fingerprint density at radius 3 is 2.84 bits per heavy atom. The van der Waals surface area contributed by atoms with Crippen LogP contribution in [0.5, 0.6) is 0 Å². The van der Waals surface area contributed by atoms with Gasteiger partial charge in [-0.25, -0.2) is 4.98 Å². The van der Waals surface area contributed by atoms with Crippen molar-refractivity contribution in [3.63, 3.8) is 0 Å². The fourth-order valence-corrected chi connectivity index (χ4v) is 4.67. The Bertz CT molecular complexity index is 635. The molecule has 3 fully saturated rings. The minimum Gasteiger partial charge on any atom is -0.335 e. The first-order valence-corrected chi connectivity index (χ1v) is 10.1. The van der Waals surface area contributed by atoms with Crippen LogP contribution in [0, 0.1) is 5.92 Å². The lowest BCUT2D eigenvalue weighted by atomic mass is 9.95. The van der Waals surface area contributed by atoms with E-state index in [4.69, 9.17) is 0 Å². The molecule has 0 unspecified atom stereocenters. The van der Waals surface area contributed by atoms with Crippen molar-refractivity contribution in [1.29, 1.82) is 0 Å². The van der Waals surface area contributed by atoms with E-state index in [9.17, 15) is 4.79 Å². The molecule has 0 N–H and O–H groups in total. The molecule has 5 nitrogen and oxygen atoms in total. The number of nitrogens with zero attached hydrogens (tertiary/aromatic N) is 4. The third-order valence-corrected chi connectivity index (χ3v) is 5.90. The van der Waals surface area contributed by atoms with Crippen LogP contribution in [0.3, 0.4) is 0 Å². The number of fused-ring (bicyclic) bond motifs is 4. The summed E-state index contributed by atoms with van der Waals surface area (Å²) < 4.78 is 0. The molecule has 2 atom stereocenters. The normalized spacial score (nSPS) is 23.8. The quantitative estimate of drug-likeness (QED) is 0.755. The molecule has 3 aliphatic rings. The Labute approximate surface area is 155 Å². The van der Waals surface area contributed by atoms with Crippen LogP contribution in [0.4, 0.5) is 0 Å². The number of hydrogen-bond acceptors (Lipinski definition) is 5. The second-order valence-corrected chi connectivity index (χ2v) is 8.85. The van der Waals surface area contributed by atoms with Gasteiger partial charge in [0.15, 0.2) is 0 Å². The number of piperidine rings is 1. The molecule has 25 heavy (non-hydrogen) atoms. The Balaban J connectivity index is 1.68. The van der Waals surface area contributed by atoms with Crippen molar-refractivity contribution in [2.75, 3.05) is 40.3 Å². The molecule has 1 aromatic heterocycles. The lowest BCUT2D eigenvalue weighted by Crippen LogP contribution is -2.44. The summed E-state index contributed by atoms with van der Waals surface area (Å²) in [7, 11) is 4.05.